The molecule has 1 saturated carbocycles. The number of hydrogen-bond acceptors (Lipinski definition) is 2. The average molecular weight is 328 g/mol. The lowest BCUT2D eigenvalue weighted by molar-refractivity contribution is -0.137. The summed E-state index contributed by atoms with van der Waals surface area (Å²) in [5.41, 5.74) is 2.48. The number of allylic oxidation sites excluding steroid dienone is 1. The van der Waals surface area contributed by atoms with Gasteiger partial charge in [0, 0.05) is 18.8 Å². The van der Waals surface area contributed by atoms with Crippen LogP contribution in [0.1, 0.15) is 62.5 Å². The Morgan fingerprint density at radius 2 is 1.96 bits per heavy atom. The molecule has 0 spiro atoms. The van der Waals surface area contributed by atoms with Crippen molar-refractivity contribution < 1.29 is 14.7 Å². The van der Waals surface area contributed by atoms with E-state index in [0.29, 0.717) is 18.1 Å². The average Bonchev–Trinajstić information content (AvgIpc) is 2.90. The highest BCUT2D eigenvalue weighted by atomic mass is 16.4. The second-order valence-electron chi connectivity index (χ2n) is 6.84. The summed E-state index contributed by atoms with van der Waals surface area (Å²) in [4.78, 5) is 22.6. The second kappa shape index (κ2) is 9.41. The van der Waals surface area contributed by atoms with E-state index in [-0.39, 0.29) is 12.3 Å². The first-order valence-corrected chi connectivity index (χ1v) is 9.06. The van der Waals surface area contributed by atoms with Crippen molar-refractivity contribution in [3.8, 4) is 0 Å². The molecular weight excluding hydrogens is 300 g/mol. The third-order valence-electron chi connectivity index (χ3n) is 5.02. The molecule has 24 heavy (non-hydrogen) atoms. The summed E-state index contributed by atoms with van der Waals surface area (Å²) < 4.78 is 0. The number of benzene rings is 1. The maximum Gasteiger partial charge on any atom is 0.303 e. The third-order valence-corrected chi connectivity index (χ3v) is 5.02. The molecule has 0 unspecified atom stereocenters. The van der Waals surface area contributed by atoms with Crippen molar-refractivity contribution in [1.82, 2.24) is 0 Å². The fraction of sp³-hybridized carbons (Fsp3) is 0.524. The molecule has 0 saturated heterocycles. The van der Waals surface area contributed by atoms with Crippen LogP contribution in [-0.4, -0.2) is 16.9 Å². The first-order chi connectivity index (χ1) is 11.6. The highest BCUT2D eigenvalue weighted by Gasteiger charge is 2.32. The zero-order chi connectivity index (χ0) is 17.4. The number of ketones is 1. The van der Waals surface area contributed by atoms with Crippen molar-refractivity contribution in [1.29, 1.82) is 0 Å². The fourth-order valence-corrected chi connectivity index (χ4v) is 3.53. The summed E-state index contributed by atoms with van der Waals surface area (Å²) in [6, 6.07) is 8.30. The number of carbonyl (C=O) groups is 2. The van der Waals surface area contributed by atoms with Gasteiger partial charge in [0.1, 0.15) is 5.78 Å². The van der Waals surface area contributed by atoms with Crippen LogP contribution in [0.5, 0.6) is 0 Å². The summed E-state index contributed by atoms with van der Waals surface area (Å²) in [7, 11) is 0. The number of hydrogen-bond donors (Lipinski definition) is 1. The Morgan fingerprint density at radius 3 is 2.71 bits per heavy atom. The molecule has 1 N–H and O–H groups in total. The van der Waals surface area contributed by atoms with Crippen LogP contribution in [0.3, 0.4) is 0 Å². The van der Waals surface area contributed by atoms with Crippen molar-refractivity contribution in [2.45, 2.75) is 58.3 Å². The minimum absolute atomic E-state index is 0.157. The molecule has 130 valence electrons. The molecule has 1 aromatic rings. The van der Waals surface area contributed by atoms with Gasteiger partial charge in [-0.05, 0) is 43.2 Å². The number of carboxylic acids is 1. The molecule has 3 heteroatoms. The molecule has 0 amide bonds. The molecule has 0 radical (unpaired) electrons. The quantitative estimate of drug-likeness (QED) is 0.647. The molecule has 2 rings (SSSR count). The largest absolute Gasteiger partial charge is 0.481 e. The fourth-order valence-electron chi connectivity index (χ4n) is 3.53. The lowest BCUT2D eigenvalue weighted by Crippen LogP contribution is -2.13. The SMILES string of the molecule is Cc1ccccc1C=C[C@H]1CCC(=O)[C@@H]1CCCCCCC(=O)O. The van der Waals surface area contributed by atoms with E-state index in [1.807, 2.05) is 12.1 Å². The van der Waals surface area contributed by atoms with Gasteiger partial charge < -0.3 is 5.11 Å². The Hall–Kier alpha value is -1.90. The molecule has 1 fully saturated rings. The first kappa shape index (κ1) is 18.4. The number of aryl methyl sites for hydroxylation is 1. The van der Waals surface area contributed by atoms with Crippen LogP contribution in [0.4, 0.5) is 0 Å². The summed E-state index contributed by atoms with van der Waals surface area (Å²) in [5, 5.41) is 8.63. The zero-order valence-electron chi connectivity index (χ0n) is 14.5. The van der Waals surface area contributed by atoms with E-state index in [9.17, 15) is 9.59 Å². The maximum absolute atomic E-state index is 12.2. The lowest BCUT2D eigenvalue weighted by atomic mass is 9.89. The molecule has 2 atom stereocenters. The normalized spacial score (nSPS) is 20.8. The summed E-state index contributed by atoms with van der Waals surface area (Å²) in [5.74, 6) is 0.197. The van der Waals surface area contributed by atoms with Gasteiger partial charge in [-0.15, -0.1) is 0 Å². The number of carbonyl (C=O) groups excluding carboxylic acids is 1. The van der Waals surface area contributed by atoms with E-state index < -0.39 is 5.97 Å². The zero-order valence-corrected chi connectivity index (χ0v) is 14.5. The van der Waals surface area contributed by atoms with E-state index in [1.165, 1.54) is 11.1 Å². The van der Waals surface area contributed by atoms with Crippen LogP contribution in [0.2, 0.25) is 0 Å². The monoisotopic (exact) mass is 328 g/mol. The van der Waals surface area contributed by atoms with Gasteiger partial charge in [0.25, 0.3) is 0 Å². The number of Topliss-reactive ketones (excluding diaryl/α,β-unsaturated/α-hetero) is 1. The number of unbranched alkanes of at least 4 members (excludes halogenated alkanes) is 3. The topological polar surface area (TPSA) is 54.4 Å². The van der Waals surface area contributed by atoms with E-state index >= 15 is 0 Å². The van der Waals surface area contributed by atoms with Crippen molar-refractivity contribution in [2.75, 3.05) is 0 Å². The molecule has 0 aliphatic heterocycles. The maximum atomic E-state index is 12.2. The Bertz CT molecular complexity index is 589. The molecule has 1 aliphatic carbocycles. The highest BCUT2D eigenvalue weighted by molar-refractivity contribution is 5.84. The predicted octanol–water partition coefficient (Wildman–Crippen LogP) is 5.03. The van der Waals surface area contributed by atoms with Gasteiger partial charge in [-0.2, -0.15) is 0 Å². The molecule has 1 aromatic carbocycles. The van der Waals surface area contributed by atoms with Crippen molar-refractivity contribution in [3.05, 3.63) is 41.5 Å². The molecule has 0 heterocycles. The van der Waals surface area contributed by atoms with Crippen molar-refractivity contribution in [3.63, 3.8) is 0 Å². The Morgan fingerprint density at radius 1 is 1.21 bits per heavy atom. The van der Waals surface area contributed by atoms with E-state index in [4.69, 9.17) is 5.11 Å². The summed E-state index contributed by atoms with van der Waals surface area (Å²) >= 11 is 0. The van der Waals surface area contributed by atoms with Gasteiger partial charge in [-0.3, -0.25) is 9.59 Å². The van der Waals surface area contributed by atoms with Crippen LogP contribution in [-0.2, 0) is 9.59 Å². The Kier molecular flexibility index (Phi) is 7.23. The molecular formula is C21H28O3. The van der Waals surface area contributed by atoms with Gasteiger partial charge in [-0.25, -0.2) is 0 Å². The van der Waals surface area contributed by atoms with Crippen LogP contribution in [0, 0.1) is 18.8 Å². The molecule has 1 aliphatic rings. The van der Waals surface area contributed by atoms with Crippen molar-refractivity contribution in [2.24, 2.45) is 11.8 Å². The van der Waals surface area contributed by atoms with Gasteiger partial charge in [0.15, 0.2) is 0 Å². The third kappa shape index (κ3) is 5.63. The van der Waals surface area contributed by atoms with Gasteiger partial charge >= 0.3 is 5.97 Å². The van der Waals surface area contributed by atoms with Crippen molar-refractivity contribution >= 4 is 17.8 Å². The van der Waals surface area contributed by atoms with E-state index in [0.717, 1.165) is 38.5 Å². The van der Waals surface area contributed by atoms with Crippen LogP contribution in [0.25, 0.3) is 6.08 Å². The molecule has 3 nitrogen and oxygen atoms in total. The number of aliphatic carboxylic acids is 1. The van der Waals surface area contributed by atoms with Gasteiger partial charge in [0.2, 0.25) is 0 Å². The second-order valence-corrected chi connectivity index (χ2v) is 6.84. The minimum atomic E-state index is -0.720. The lowest BCUT2D eigenvalue weighted by Gasteiger charge is -2.15. The Balaban J connectivity index is 1.81. The first-order valence-electron chi connectivity index (χ1n) is 9.06. The Labute approximate surface area is 144 Å². The van der Waals surface area contributed by atoms with E-state index in [1.54, 1.807) is 0 Å². The van der Waals surface area contributed by atoms with Crippen LogP contribution < -0.4 is 0 Å². The molecule has 0 bridgehead atoms. The number of carboxylic acid groups (broad SMARTS) is 1. The van der Waals surface area contributed by atoms with Gasteiger partial charge in [0.05, 0.1) is 0 Å². The van der Waals surface area contributed by atoms with E-state index in [2.05, 4.69) is 31.2 Å². The standard InChI is InChI=1S/C21H28O3/c1-16-8-6-7-9-17(16)12-13-18-14-15-20(22)19(18)10-4-2-3-5-11-21(23)24/h6-9,12-13,18-19H,2-5,10-11,14-15H2,1H3,(H,23,24)/t18-,19+/m0/s1. The minimum Gasteiger partial charge on any atom is -0.481 e. The van der Waals surface area contributed by atoms with Gasteiger partial charge in [-0.1, -0.05) is 55.7 Å². The van der Waals surface area contributed by atoms with Crippen LogP contribution in [0.15, 0.2) is 30.3 Å². The number of rotatable bonds is 9. The summed E-state index contributed by atoms with van der Waals surface area (Å²) in [6.45, 7) is 2.11. The summed E-state index contributed by atoms with van der Waals surface area (Å²) in [6.07, 6.45) is 11.0. The smallest absolute Gasteiger partial charge is 0.303 e. The highest BCUT2D eigenvalue weighted by Crippen LogP contribution is 2.34. The molecule has 0 aromatic heterocycles. The van der Waals surface area contributed by atoms with Crippen LogP contribution >= 0.6 is 0 Å². The predicted molar refractivity (Wildman–Crippen MR) is 96.8 cm³/mol.